The molecule has 25 heavy (non-hydrogen) atoms. The molecule has 3 aromatic rings. The van der Waals surface area contributed by atoms with Crippen molar-refractivity contribution >= 4 is 17.2 Å². The van der Waals surface area contributed by atoms with Crippen molar-refractivity contribution in [2.24, 2.45) is 0 Å². The van der Waals surface area contributed by atoms with Gasteiger partial charge in [-0.25, -0.2) is 4.98 Å². The molecule has 1 aliphatic carbocycles. The van der Waals surface area contributed by atoms with Gasteiger partial charge in [0.1, 0.15) is 5.76 Å². The number of nitrogens with zero attached hydrogens (tertiary/aromatic N) is 1. The Hall–Kier alpha value is -2.40. The molecular formula is C20H20N2O2S. The van der Waals surface area contributed by atoms with Crippen LogP contribution >= 0.6 is 11.3 Å². The summed E-state index contributed by atoms with van der Waals surface area (Å²) in [6, 6.07) is 13.8. The number of amides is 1. The van der Waals surface area contributed by atoms with E-state index in [1.54, 1.807) is 11.3 Å². The second-order valence-electron chi connectivity index (χ2n) is 6.32. The van der Waals surface area contributed by atoms with Crippen LogP contribution in [-0.2, 0) is 0 Å². The van der Waals surface area contributed by atoms with Crippen LogP contribution < -0.4 is 5.32 Å². The Kier molecular flexibility index (Phi) is 4.40. The molecule has 1 atom stereocenters. The number of carbonyl (C=O) groups excluding carboxylic acids is 1. The van der Waals surface area contributed by atoms with Crippen LogP contribution in [0.15, 0.2) is 52.3 Å². The minimum absolute atomic E-state index is 0.0106. The molecule has 0 aliphatic heterocycles. The molecule has 0 bridgehead atoms. The van der Waals surface area contributed by atoms with Gasteiger partial charge >= 0.3 is 0 Å². The molecule has 0 saturated heterocycles. The number of thiophene rings is 1. The Bertz CT molecular complexity index is 851. The molecule has 5 heteroatoms. The third kappa shape index (κ3) is 3.37. The van der Waals surface area contributed by atoms with Gasteiger partial charge in [0.05, 0.1) is 6.04 Å². The molecular weight excluding hydrogens is 332 g/mol. The summed E-state index contributed by atoms with van der Waals surface area (Å²) in [5.41, 5.74) is 1.34. The lowest BCUT2D eigenvalue weighted by Crippen LogP contribution is -2.28. The fraction of sp³-hybridized carbons (Fsp3) is 0.300. The first-order valence-electron chi connectivity index (χ1n) is 8.66. The predicted octanol–water partition coefficient (Wildman–Crippen LogP) is 5.16. The van der Waals surface area contributed by atoms with Crippen LogP contribution in [0.5, 0.6) is 0 Å². The van der Waals surface area contributed by atoms with Gasteiger partial charge in [-0.05, 0) is 42.8 Å². The first-order valence-corrected chi connectivity index (χ1v) is 9.54. The Morgan fingerprint density at radius 2 is 2.08 bits per heavy atom. The van der Waals surface area contributed by atoms with Gasteiger partial charge in [0.15, 0.2) is 5.69 Å². The number of nitrogens with one attached hydrogen (secondary N) is 1. The van der Waals surface area contributed by atoms with Gasteiger partial charge in [0.25, 0.3) is 5.91 Å². The van der Waals surface area contributed by atoms with Crippen LogP contribution in [0.25, 0.3) is 11.5 Å². The predicted molar refractivity (Wildman–Crippen MR) is 98.7 cm³/mol. The van der Waals surface area contributed by atoms with Crippen LogP contribution in [0.1, 0.15) is 59.3 Å². The van der Waals surface area contributed by atoms with E-state index in [4.69, 9.17) is 4.42 Å². The summed E-state index contributed by atoms with van der Waals surface area (Å²) in [6.07, 6.45) is 2.96. The van der Waals surface area contributed by atoms with E-state index in [0.717, 1.165) is 35.5 Å². The molecule has 1 aliphatic rings. The zero-order valence-electron chi connectivity index (χ0n) is 14.1. The summed E-state index contributed by atoms with van der Waals surface area (Å²) in [6.45, 7) is 2.07. The highest BCUT2D eigenvalue weighted by atomic mass is 32.1. The summed E-state index contributed by atoms with van der Waals surface area (Å²) in [5, 5.41) is 5.15. The third-order valence-corrected chi connectivity index (χ3v) is 5.42. The summed E-state index contributed by atoms with van der Waals surface area (Å²) < 4.78 is 5.98. The number of rotatable bonds is 6. The second kappa shape index (κ2) is 6.84. The summed E-state index contributed by atoms with van der Waals surface area (Å²) >= 11 is 1.66. The largest absolute Gasteiger partial charge is 0.440 e. The SMILES string of the molecule is CCC(NC(=O)c1nc(-c2ccccc2)oc1C1CC1)c1cccs1. The number of benzene rings is 1. The maximum atomic E-state index is 12.9. The van der Waals surface area contributed by atoms with Crippen molar-refractivity contribution in [1.82, 2.24) is 10.3 Å². The van der Waals surface area contributed by atoms with E-state index >= 15 is 0 Å². The van der Waals surface area contributed by atoms with E-state index in [1.165, 1.54) is 0 Å². The fourth-order valence-electron chi connectivity index (χ4n) is 2.91. The Morgan fingerprint density at radius 3 is 2.72 bits per heavy atom. The van der Waals surface area contributed by atoms with E-state index in [1.807, 2.05) is 41.8 Å². The van der Waals surface area contributed by atoms with Crippen molar-refractivity contribution in [3.8, 4) is 11.5 Å². The van der Waals surface area contributed by atoms with Gasteiger partial charge in [-0.2, -0.15) is 0 Å². The summed E-state index contributed by atoms with van der Waals surface area (Å²) in [4.78, 5) is 18.6. The Morgan fingerprint density at radius 1 is 1.28 bits per heavy atom. The molecule has 2 aromatic heterocycles. The minimum Gasteiger partial charge on any atom is -0.440 e. The average molecular weight is 352 g/mol. The highest BCUT2D eigenvalue weighted by molar-refractivity contribution is 7.10. The topological polar surface area (TPSA) is 55.1 Å². The van der Waals surface area contributed by atoms with Crippen molar-refractivity contribution < 1.29 is 9.21 Å². The van der Waals surface area contributed by atoms with Crippen LogP contribution in [0.4, 0.5) is 0 Å². The van der Waals surface area contributed by atoms with Crippen molar-refractivity contribution in [2.75, 3.05) is 0 Å². The zero-order valence-corrected chi connectivity index (χ0v) is 14.9. The van der Waals surface area contributed by atoms with Gasteiger partial charge in [-0.1, -0.05) is 31.2 Å². The number of oxazole rings is 1. The van der Waals surface area contributed by atoms with Crippen molar-refractivity contribution in [3.63, 3.8) is 0 Å². The molecule has 0 spiro atoms. The minimum atomic E-state index is -0.145. The van der Waals surface area contributed by atoms with Gasteiger partial charge in [-0.3, -0.25) is 4.79 Å². The molecule has 1 aromatic carbocycles. The van der Waals surface area contributed by atoms with Gasteiger partial charge < -0.3 is 9.73 Å². The van der Waals surface area contributed by atoms with Crippen LogP contribution in [0.3, 0.4) is 0 Å². The quantitative estimate of drug-likeness (QED) is 0.666. The van der Waals surface area contributed by atoms with E-state index in [2.05, 4.69) is 23.3 Å². The van der Waals surface area contributed by atoms with Crippen molar-refractivity contribution in [1.29, 1.82) is 0 Å². The first kappa shape index (κ1) is 16.1. The van der Waals surface area contributed by atoms with E-state index < -0.39 is 0 Å². The molecule has 4 nitrogen and oxygen atoms in total. The molecule has 0 radical (unpaired) electrons. The molecule has 2 heterocycles. The normalized spacial score (nSPS) is 15.1. The Labute approximate surface area is 150 Å². The maximum Gasteiger partial charge on any atom is 0.274 e. The molecule has 1 N–H and O–H groups in total. The highest BCUT2D eigenvalue weighted by Crippen LogP contribution is 2.43. The number of aromatic nitrogens is 1. The molecule has 1 saturated carbocycles. The third-order valence-electron chi connectivity index (χ3n) is 4.44. The van der Waals surface area contributed by atoms with Gasteiger partial charge in [-0.15, -0.1) is 11.3 Å². The standard InChI is InChI=1S/C20H20N2O2S/c1-2-15(16-9-6-12-25-16)21-19(23)17-18(13-10-11-13)24-20(22-17)14-7-4-3-5-8-14/h3-9,12-13,15H,2,10-11H2,1H3,(H,21,23). The highest BCUT2D eigenvalue weighted by Gasteiger charge is 2.34. The van der Waals surface area contributed by atoms with Crippen molar-refractivity contribution in [2.45, 2.75) is 38.1 Å². The fourth-order valence-corrected chi connectivity index (χ4v) is 3.77. The Balaban J connectivity index is 1.62. The van der Waals surface area contributed by atoms with Gasteiger partial charge in [0, 0.05) is 16.4 Å². The zero-order chi connectivity index (χ0) is 17.2. The van der Waals surface area contributed by atoms with Crippen LogP contribution in [0.2, 0.25) is 0 Å². The lowest BCUT2D eigenvalue weighted by Gasteiger charge is -2.14. The molecule has 4 rings (SSSR count). The number of hydrogen-bond acceptors (Lipinski definition) is 4. The molecule has 1 amide bonds. The van der Waals surface area contributed by atoms with E-state index in [9.17, 15) is 4.79 Å². The van der Waals surface area contributed by atoms with Gasteiger partial charge in [0.2, 0.25) is 5.89 Å². The maximum absolute atomic E-state index is 12.9. The number of hydrogen-bond donors (Lipinski definition) is 1. The smallest absolute Gasteiger partial charge is 0.274 e. The first-order chi connectivity index (χ1) is 12.3. The summed E-state index contributed by atoms with van der Waals surface area (Å²) in [7, 11) is 0. The molecule has 128 valence electrons. The van der Waals surface area contributed by atoms with Crippen LogP contribution in [0, 0.1) is 0 Å². The van der Waals surface area contributed by atoms with E-state index in [0.29, 0.717) is 17.5 Å². The lowest BCUT2D eigenvalue weighted by molar-refractivity contribution is 0.0929. The van der Waals surface area contributed by atoms with Crippen LogP contribution in [-0.4, -0.2) is 10.9 Å². The van der Waals surface area contributed by atoms with Crippen molar-refractivity contribution in [3.05, 3.63) is 64.2 Å². The average Bonchev–Trinajstić information content (AvgIpc) is 3.17. The lowest BCUT2D eigenvalue weighted by atomic mass is 10.1. The molecule has 1 fully saturated rings. The molecule has 1 unspecified atom stereocenters. The van der Waals surface area contributed by atoms with E-state index in [-0.39, 0.29) is 11.9 Å². The number of carbonyl (C=O) groups is 1. The summed E-state index contributed by atoms with van der Waals surface area (Å²) in [5.74, 6) is 1.44. The monoisotopic (exact) mass is 352 g/mol. The second-order valence-corrected chi connectivity index (χ2v) is 7.30.